The Kier molecular flexibility index (Phi) is 2.68. The van der Waals surface area contributed by atoms with E-state index in [1.807, 2.05) is 11.4 Å². The topological polar surface area (TPSA) is 81.2 Å². The zero-order chi connectivity index (χ0) is 10.7. The molecule has 0 saturated heterocycles. The summed E-state index contributed by atoms with van der Waals surface area (Å²) >= 11 is 1.50. The van der Waals surface area contributed by atoms with E-state index >= 15 is 0 Å². The van der Waals surface area contributed by atoms with Crippen LogP contribution in [0.4, 0.5) is 4.79 Å². The first-order valence-corrected chi connectivity index (χ1v) is 5.15. The van der Waals surface area contributed by atoms with Gasteiger partial charge in [-0.1, -0.05) is 0 Å². The number of primary amides is 1. The van der Waals surface area contributed by atoms with Crippen molar-refractivity contribution >= 4 is 17.4 Å². The van der Waals surface area contributed by atoms with Gasteiger partial charge in [0, 0.05) is 11.6 Å². The summed E-state index contributed by atoms with van der Waals surface area (Å²) in [6.45, 7) is 0.292. The Labute approximate surface area is 89.9 Å². The van der Waals surface area contributed by atoms with Crippen LogP contribution in [0, 0.1) is 0 Å². The van der Waals surface area contributed by atoms with Crippen LogP contribution in [-0.4, -0.2) is 11.0 Å². The molecule has 0 unspecified atom stereocenters. The molecule has 2 aromatic rings. The molecule has 0 aromatic carbocycles. The SMILES string of the molecule is NC(=O)NCc1ccc(-c2nccs2)o1. The van der Waals surface area contributed by atoms with Gasteiger partial charge in [-0.15, -0.1) is 11.3 Å². The third-order valence-electron chi connectivity index (χ3n) is 1.74. The lowest BCUT2D eigenvalue weighted by molar-refractivity contribution is 0.247. The van der Waals surface area contributed by atoms with Crippen LogP contribution in [0.5, 0.6) is 0 Å². The van der Waals surface area contributed by atoms with Gasteiger partial charge in [0.1, 0.15) is 5.76 Å². The first kappa shape index (κ1) is 9.72. The number of hydrogen-bond donors (Lipinski definition) is 2. The molecule has 78 valence electrons. The van der Waals surface area contributed by atoms with E-state index in [2.05, 4.69) is 10.3 Å². The van der Waals surface area contributed by atoms with Crippen LogP contribution in [0.2, 0.25) is 0 Å². The van der Waals surface area contributed by atoms with Crippen molar-refractivity contribution in [3.8, 4) is 10.8 Å². The third-order valence-corrected chi connectivity index (χ3v) is 2.53. The summed E-state index contributed by atoms with van der Waals surface area (Å²) in [5.41, 5.74) is 4.94. The molecule has 6 heteroatoms. The minimum Gasteiger partial charge on any atom is -0.457 e. The van der Waals surface area contributed by atoms with Gasteiger partial charge in [0.2, 0.25) is 0 Å². The fourth-order valence-corrected chi connectivity index (χ4v) is 1.71. The van der Waals surface area contributed by atoms with E-state index in [-0.39, 0.29) is 0 Å². The molecule has 2 rings (SSSR count). The molecule has 0 bridgehead atoms. The number of nitrogens with zero attached hydrogens (tertiary/aromatic N) is 1. The van der Waals surface area contributed by atoms with Gasteiger partial charge in [-0.25, -0.2) is 9.78 Å². The largest absolute Gasteiger partial charge is 0.457 e. The Hall–Kier alpha value is -1.82. The Morgan fingerprint density at radius 1 is 1.60 bits per heavy atom. The molecular formula is C9H9N3O2S. The first-order valence-electron chi connectivity index (χ1n) is 4.27. The van der Waals surface area contributed by atoms with E-state index < -0.39 is 6.03 Å². The lowest BCUT2D eigenvalue weighted by atomic mass is 10.4. The van der Waals surface area contributed by atoms with Crippen molar-refractivity contribution in [2.75, 3.05) is 0 Å². The van der Waals surface area contributed by atoms with E-state index in [9.17, 15) is 4.79 Å². The number of nitrogens with two attached hydrogens (primary N) is 1. The van der Waals surface area contributed by atoms with Gasteiger partial charge in [0.15, 0.2) is 10.8 Å². The first-order chi connectivity index (χ1) is 7.25. The molecule has 2 aromatic heterocycles. The van der Waals surface area contributed by atoms with Crippen LogP contribution in [0.3, 0.4) is 0 Å². The van der Waals surface area contributed by atoms with Crippen molar-refractivity contribution < 1.29 is 9.21 Å². The van der Waals surface area contributed by atoms with Crippen LogP contribution >= 0.6 is 11.3 Å². The van der Waals surface area contributed by atoms with Crippen LogP contribution in [0.25, 0.3) is 10.8 Å². The minimum absolute atomic E-state index is 0.292. The van der Waals surface area contributed by atoms with Crippen LogP contribution < -0.4 is 11.1 Å². The number of rotatable bonds is 3. The number of furan rings is 1. The lowest BCUT2D eigenvalue weighted by Gasteiger charge is -1.96. The van der Waals surface area contributed by atoms with Gasteiger partial charge in [-0.2, -0.15) is 0 Å². The highest BCUT2D eigenvalue weighted by atomic mass is 32.1. The monoisotopic (exact) mass is 223 g/mol. The van der Waals surface area contributed by atoms with E-state index in [0.29, 0.717) is 18.1 Å². The zero-order valence-electron chi connectivity index (χ0n) is 7.77. The molecule has 3 N–H and O–H groups in total. The maximum atomic E-state index is 10.5. The molecule has 5 nitrogen and oxygen atoms in total. The normalized spacial score (nSPS) is 10.1. The number of carbonyl (C=O) groups excluding carboxylic acids is 1. The van der Waals surface area contributed by atoms with E-state index in [1.165, 1.54) is 11.3 Å². The molecule has 0 radical (unpaired) electrons. The summed E-state index contributed by atoms with van der Waals surface area (Å²) in [6.07, 6.45) is 1.71. The van der Waals surface area contributed by atoms with E-state index in [4.69, 9.17) is 10.2 Å². The standard InChI is InChI=1S/C9H9N3O2S/c10-9(13)12-5-6-1-2-7(14-6)8-11-3-4-15-8/h1-4H,5H2,(H3,10,12,13). The van der Waals surface area contributed by atoms with Crippen LogP contribution in [0.15, 0.2) is 28.1 Å². The molecule has 2 heterocycles. The molecule has 0 aliphatic heterocycles. The van der Waals surface area contributed by atoms with Gasteiger partial charge >= 0.3 is 6.03 Å². The third kappa shape index (κ3) is 2.35. The quantitative estimate of drug-likeness (QED) is 0.828. The van der Waals surface area contributed by atoms with Gasteiger partial charge in [0.25, 0.3) is 0 Å². The molecule has 0 spiro atoms. The molecular weight excluding hydrogens is 214 g/mol. The van der Waals surface area contributed by atoms with Gasteiger partial charge in [0.05, 0.1) is 6.54 Å². The van der Waals surface area contributed by atoms with Crippen molar-refractivity contribution in [3.63, 3.8) is 0 Å². The number of thiazole rings is 1. The number of carbonyl (C=O) groups is 1. The van der Waals surface area contributed by atoms with Crippen molar-refractivity contribution in [1.82, 2.24) is 10.3 Å². The summed E-state index contributed by atoms with van der Waals surface area (Å²) in [5, 5.41) is 5.14. The molecule has 2 amide bonds. The predicted molar refractivity (Wildman–Crippen MR) is 56.2 cm³/mol. The highest BCUT2D eigenvalue weighted by molar-refractivity contribution is 7.13. The lowest BCUT2D eigenvalue weighted by Crippen LogP contribution is -2.28. The Bertz CT molecular complexity index is 450. The number of hydrogen-bond acceptors (Lipinski definition) is 4. The maximum absolute atomic E-state index is 10.5. The molecule has 15 heavy (non-hydrogen) atoms. The van der Waals surface area contributed by atoms with Crippen molar-refractivity contribution in [1.29, 1.82) is 0 Å². The molecule has 0 saturated carbocycles. The zero-order valence-corrected chi connectivity index (χ0v) is 8.58. The smallest absolute Gasteiger partial charge is 0.312 e. The molecule has 0 fully saturated rings. The van der Waals surface area contributed by atoms with Crippen LogP contribution in [-0.2, 0) is 6.54 Å². The minimum atomic E-state index is -0.567. The second kappa shape index (κ2) is 4.14. The average molecular weight is 223 g/mol. The summed E-state index contributed by atoms with van der Waals surface area (Å²) < 4.78 is 5.46. The number of amides is 2. The predicted octanol–water partition coefficient (Wildman–Crippen LogP) is 1.57. The van der Waals surface area contributed by atoms with Gasteiger partial charge in [-0.05, 0) is 12.1 Å². The second-order valence-corrected chi connectivity index (χ2v) is 3.72. The van der Waals surface area contributed by atoms with Crippen molar-refractivity contribution in [2.24, 2.45) is 5.73 Å². The summed E-state index contributed by atoms with van der Waals surface area (Å²) in [5.74, 6) is 1.35. The summed E-state index contributed by atoms with van der Waals surface area (Å²) in [4.78, 5) is 14.6. The number of aromatic nitrogens is 1. The number of nitrogens with one attached hydrogen (secondary N) is 1. The molecule has 0 aliphatic carbocycles. The highest BCUT2D eigenvalue weighted by Crippen LogP contribution is 2.23. The van der Waals surface area contributed by atoms with E-state index in [0.717, 1.165) is 5.01 Å². The summed E-state index contributed by atoms with van der Waals surface area (Å²) in [7, 11) is 0. The van der Waals surface area contributed by atoms with Gasteiger partial charge in [-0.3, -0.25) is 0 Å². The van der Waals surface area contributed by atoms with E-state index in [1.54, 1.807) is 12.3 Å². The fourth-order valence-electron chi connectivity index (χ4n) is 1.11. The Balaban J connectivity index is 2.08. The van der Waals surface area contributed by atoms with Crippen molar-refractivity contribution in [2.45, 2.75) is 6.54 Å². The second-order valence-electron chi connectivity index (χ2n) is 2.82. The highest BCUT2D eigenvalue weighted by Gasteiger charge is 2.06. The molecule has 0 atom stereocenters. The number of urea groups is 1. The fraction of sp³-hybridized carbons (Fsp3) is 0.111. The van der Waals surface area contributed by atoms with Gasteiger partial charge < -0.3 is 15.5 Å². The van der Waals surface area contributed by atoms with Crippen LogP contribution in [0.1, 0.15) is 5.76 Å². The van der Waals surface area contributed by atoms with Crippen molar-refractivity contribution in [3.05, 3.63) is 29.5 Å². The Morgan fingerprint density at radius 2 is 2.47 bits per heavy atom. The maximum Gasteiger partial charge on any atom is 0.312 e. The average Bonchev–Trinajstić information content (AvgIpc) is 2.85. The molecule has 0 aliphatic rings. The Morgan fingerprint density at radius 3 is 3.13 bits per heavy atom. The summed E-state index contributed by atoms with van der Waals surface area (Å²) in [6, 6.07) is 3.03.